The third-order valence-corrected chi connectivity index (χ3v) is 2.76. The Hall–Kier alpha value is 0.880. The van der Waals surface area contributed by atoms with Crippen molar-refractivity contribution in [3.05, 3.63) is 0 Å². The van der Waals surface area contributed by atoms with Crippen LogP contribution in [-0.2, 0) is 0 Å². The highest BCUT2D eigenvalue weighted by atomic mass is 79.9. The Labute approximate surface area is 95.6 Å². The lowest BCUT2D eigenvalue weighted by atomic mass is 10.2. The molecule has 2 saturated heterocycles. The molecule has 0 radical (unpaired) electrons. The molecule has 2 heterocycles. The molecule has 1 N–H and O–H groups in total. The van der Waals surface area contributed by atoms with Gasteiger partial charge in [0.25, 0.3) is 0 Å². The van der Waals surface area contributed by atoms with Crippen molar-refractivity contribution < 1.29 is 0 Å². The zero-order valence-corrected chi connectivity index (χ0v) is 11.0. The fourth-order valence-electron chi connectivity index (χ4n) is 2.23. The Morgan fingerprint density at radius 1 is 1.33 bits per heavy atom. The maximum atomic E-state index is 3.50. The van der Waals surface area contributed by atoms with Crippen molar-refractivity contribution in [2.75, 3.05) is 13.1 Å². The van der Waals surface area contributed by atoms with E-state index in [4.69, 9.17) is 0 Å². The highest BCUT2D eigenvalue weighted by Crippen LogP contribution is 2.24. The topological polar surface area (TPSA) is 15.3 Å². The van der Waals surface area contributed by atoms with Crippen molar-refractivity contribution in [1.82, 2.24) is 10.2 Å². The maximum Gasteiger partial charge on any atom is 0.0239 e. The molecule has 74 valence electrons. The van der Waals surface area contributed by atoms with Gasteiger partial charge in [0.1, 0.15) is 0 Å². The molecular formula is C8H18Br2N2. The van der Waals surface area contributed by atoms with Crippen molar-refractivity contribution in [3.63, 3.8) is 0 Å². The van der Waals surface area contributed by atoms with Crippen LogP contribution < -0.4 is 5.32 Å². The highest BCUT2D eigenvalue weighted by Gasteiger charge is 2.38. The first-order valence-electron chi connectivity index (χ1n) is 4.26. The number of halogens is 2. The number of rotatable bonds is 1. The number of fused-ring (bicyclic) bond motifs is 2. The minimum Gasteiger partial charge on any atom is -0.311 e. The molecule has 0 aromatic rings. The molecule has 0 saturated carbocycles. The number of nitrogens with zero attached hydrogens (tertiary/aromatic N) is 1. The van der Waals surface area contributed by atoms with E-state index in [1.165, 1.54) is 19.5 Å². The monoisotopic (exact) mass is 300 g/mol. The summed E-state index contributed by atoms with van der Waals surface area (Å²) < 4.78 is 0. The third kappa shape index (κ3) is 2.22. The van der Waals surface area contributed by atoms with Crippen LogP contribution in [0.25, 0.3) is 0 Å². The molecule has 2 atom stereocenters. The first-order valence-corrected chi connectivity index (χ1v) is 4.26. The summed E-state index contributed by atoms with van der Waals surface area (Å²) in [5, 5.41) is 3.50. The Morgan fingerprint density at radius 2 is 2.00 bits per heavy atom. The van der Waals surface area contributed by atoms with Crippen molar-refractivity contribution in [2.24, 2.45) is 0 Å². The molecule has 2 bridgehead atoms. The van der Waals surface area contributed by atoms with E-state index in [-0.39, 0.29) is 34.0 Å². The van der Waals surface area contributed by atoms with Gasteiger partial charge < -0.3 is 5.32 Å². The van der Waals surface area contributed by atoms with E-state index in [2.05, 4.69) is 24.1 Å². The highest BCUT2D eigenvalue weighted by molar-refractivity contribution is 8.93. The molecule has 2 fully saturated rings. The van der Waals surface area contributed by atoms with Gasteiger partial charge in [0.05, 0.1) is 0 Å². The van der Waals surface area contributed by atoms with Crippen LogP contribution in [0.1, 0.15) is 20.3 Å². The minimum atomic E-state index is 0. The van der Waals surface area contributed by atoms with E-state index in [1.54, 1.807) is 0 Å². The largest absolute Gasteiger partial charge is 0.311 e. The summed E-state index contributed by atoms with van der Waals surface area (Å²) in [5.74, 6) is 0. The standard InChI is InChI=1S/C8H16N2.2BrH/c1-6(2)10-5-7-3-8(10)4-9-7;;/h6-9H,3-5H2,1-2H3;2*1H/t7?,8-;;/m1../s1. The molecule has 1 unspecified atom stereocenters. The van der Waals surface area contributed by atoms with E-state index in [1.807, 2.05) is 0 Å². The van der Waals surface area contributed by atoms with E-state index in [0.717, 1.165) is 18.1 Å². The summed E-state index contributed by atoms with van der Waals surface area (Å²) in [4.78, 5) is 2.61. The van der Waals surface area contributed by atoms with Gasteiger partial charge in [-0.05, 0) is 20.3 Å². The molecule has 0 spiro atoms. The number of hydrogen-bond acceptors (Lipinski definition) is 2. The van der Waals surface area contributed by atoms with Crippen LogP contribution in [0.3, 0.4) is 0 Å². The van der Waals surface area contributed by atoms with Crippen molar-refractivity contribution >= 4 is 34.0 Å². The Bertz CT molecular complexity index is 141. The molecule has 0 aromatic heterocycles. The maximum absolute atomic E-state index is 3.50. The van der Waals surface area contributed by atoms with Gasteiger partial charge in [-0.3, -0.25) is 4.90 Å². The average molecular weight is 302 g/mol. The van der Waals surface area contributed by atoms with Crippen LogP contribution >= 0.6 is 34.0 Å². The Morgan fingerprint density at radius 3 is 2.25 bits per heavy atom. The lowest BCUT2D eigenvalue weighted by Crippen LogP contribution is -2.46. The molecule has 2 rings (SSSR count). The second kappa shape index (κ2) is 4.94. The van der Waals surface area contributed by atoms with Gasteiger partial charge in [-0.25, -0.2) is 0 Å². The summed E-state index contributed by atoms with van der Waals surface area (Å²) in [6, 6.07) is 2.41. The quantitative estimate of drug-likeness (QED) is 0.791. The Kier molecular flexibility index (Phi) is 5.30. The van der Waals surface area contributed by atoms with Gasteiger partial charge in [0.15, 0.2) is 0 Å². The third-order valence-electron chi connectivity index (χ3n) is 2.76. The lowest BCUT2D eigenvalue weighted by Gasteiger charge is -2.30. The molecule has 2 aliphatic heterocycles. The molecule has 2 nitrogen and oxygen atoms in total. The average Bonchev–Trinajstić information content (AvgIpc) is 2.44. The molecule has 0 aromatic carbocycles. The van der Waals surface area contributed by atoms with Crippen LogP contribution in [0.2, 0.25) is 0 Å². The van der Waals surface area contributed by atoms with Crippen molar-refractivity contribution in [3.8, 4) is 0 Å². The fourth-order valence-corrected chi connectivity index (χ4v) is 2.23. The number of piperazine rings is 1. The SMILES string of the molecule is Br.Br.CC(C)N1CC2C[C@@H]1CN2. The molecule has 0 amide bonds. The zero-order chi connectivity index (χ0) is 7.14. The van der Waals surface area contributed by atoms with E-state index < -0.39 is 0 Å². The summed E-state index contributed by atoms with van der Waals surface area (Å²) >= 11 is 0. The smallest absolute Gasteiger partial charge is 0.0239 e. The van der Waals surface area contributed by atoms with Crippen LogP contribution in [0.5, 0.6) is 0 Å². The van der Waals surface area contributed by atoms with Gasteiger partial charge in [-0.1, -0.05) is 0 Å². The van der Waals surface area contributed by atoms with Gasteiger partial charge in [-0.2, -0.15) is 0 Å². The minimum absolute atomic E-state index is 0. The molecule has 2 aliphatic rings. The van der Waals surface area contributed by atoms with E-state index in [0.29, 0.717) is 0 Å². The van der Waals surface area contributed by atoms with E-state index in [9.17, 15) is 0 Å². The van der Waals surface area contributed by atoms with Crippen LogP contribution in [0.4, 0.5) is 0 Å². The fraction of sp³-hybridized carbons (Fsp3) is 1.00. The second-order valence-electron chi connectivity index (χ2n) is 3.79. The van der Waals surface area contributed by atoms with Gasteiger partial charge in [0.2, 0.25) is 0 Å². The van der Waals surface area contributed by atoms with E-state index >= 15 is 0 Å². The summed E-state index contributed by atoms with van der Waals surface area (Å²) in [6.45, 7) is 7.09. The first kappa shape index (κ1) is 12.9. The summed E-state index contributed by atoms with van der Waals surface area (Å²) in [5.41, 5.74) is 0. The number of likely N-dealkylation sites (tertiary alicyclic amines) is 1. The zero-order valence-electron chi connectivity index (χ0n) is 7.62. The van der Waals surface area contributed by atoms with Crippen LogP contribution in [0.15, 0.2) is 0 Å². The number of nitrogens with one attached hydrogen (secondary N) is 1. The summed E-state index contributed by atoms with van der Waals surface area (Å²) in [6.07, 6.45) is 1.39. The molecule has 4 heteroatoms. The summed E-state index contributed by atoms with van der Waals surface area (Å²) in [7, 11) is 0. The van der Waals surface area contributed by atoms with Crippen LogP contribution in [0, 0.1) is 0 Å². The predicted octanol–water partition coefficient (Wildman–Crippen LogP) is 1.60. The number of hydrogen-bond donors (Lipinski definition) is 1. The van der Waals surface area contributed by atoms with Crippen molar-refractivity contribution in [2.45, 2.75) is 38.4 Å². The predicted molar refractivity (Wildman–Crippen MR) is 62.7 cm³/mol. The molecule has 0 aliphatic carbocycles. The van der Waals surface area contributed by atoms with Crippen molar-refractivity contribution in [1.29, 1.82) is 0 Å². The van der Waals surface area contributed by atoms with Gasteiger partial charge in [0, 0.05) is 31.2 Å². The van der Waals surface area contributed by atoms with Gasteiger partial charge >= 0.3 is 0 Å². The lowest BCUT2D eigenvalue weighted by molar-refractivity contribution is 0.181. The van der Waals surface area contributed by atoms with Gasteiger partial charge in [-0.15, -0.1) is 34.0 Å². The Balaban J connectivity index is 0.000000605. The normalized spacial score (nSPS) is 33.2. The molecular weight excluding hydrogens is 284 g/mol. The van der Waals surface area contributed by atoms with Crippen LogP contribution in [-0.4, -0.2) is 36.1 Å². The molecule has 12 heavy (non-hydrogen) atoms. The second-order valence-corrected chi connectivity index (χ2v) is 3.79. The first-order chi connectivity index (χ1) is 4.77.